The fourth-order valence-electron chi connectivity index (χ4n) is 2.77. The molecule has 0 saturated carbocycles. The maximum atomic E-state index is 9.49. The van der Waals surface area contributed by atoms with E-state index in [4.69, 9.17) is 4.84 Å². The van der Waals surface area contributed by atoms with Gasteiger partial charge in [-0.15, -0.1) is 5.06 Å². The van der Waals surface area contributed by atoms with E-state index in [0.29, 0.717) is 0 Å². The van der Waals surface area contributed by atoms with Crippen molar-refractivity contribution in [3.8, 4) is 5.75 Å². The van der Waals surface area contributed by atoms with Crippen molar-refractivity contribution in [1.29, 1.82) is 0 Å². The standard InChI is InChI=1S/C15H22N4O2/c1-10(20)7-12-9-19(6-5-16-12)21-13-3-4-14-15(8-13)18-11(2)17-14/h3-4,8,10,12,16,20H,5-7,9H2,1-2H3,(H,17,18). The third-order valence-electron chi connectivity index (χ3n) is 3.65. The van der Waals surface area contributed by atoms with E-state index < -0.39 is 0 Å². The summed E-state index contributed by atoms with van der Waals surface area (Å²) >= 11 is 0. The molecule has 0 aliphatic carbocycles. The molecular weight excluding hydrogens is 268 g/mol. The van der Waals surface area contributed by atoms with Crippen LogP contribution >= 0.6 is 0 Å². The van der Waals surface area contributed by atoms with Crippen molar-refractivity contribution in [2.24, 2.45) is 0 Å². The molecule has 0 bridgehead atoms. The SMILES string of the molecule is Cc1nc2ccc(ON3CCNC(CC(C)O)C3)cc2[nH]1. The highest BCUT2D eigenvalue weighted by molar-refractivity contribution is 5.76. The number of aromatic nitrogens is 2. The van der Waals surface area contributed by atoms with Crippen LogP contribution in [-0.4, -0.2) is 51.9 Å². The smallest absolute Gasteiger partial charge is 0.149 e. The molecule has 1 fully saturated rings. The fraction of sp³-hybridized carbons (Fsp3) is 0.533. The first-order valence-electron chi connectivity index (χ1n) is 7.41. The number of rotatable bonds is 4. The molecular formula is C15H22N4O2. The van der Waals surface area contributed by atoms with Gasteiger partial charge in [0.15, 0.2) is 0 Å². The van der Waals surface area contributed by atoms with Crippen LogP contribution in [0.4, 0.5) is 0 Å². The van der Waals surface area contributed by atoms with Crippen molar-refractivity contribution in [2.75, 3.05) is 19.6 Å². The van der Waals surface area contributed by atoms with E-state index in [1.165, 1.54) is 0 Å². The first kappa shape index (κ1) is 14.3. The summed E-state index contributed by atoms with van der Waals surface area (Å²) in [7, 11) is 0. The highest BCUT2D eigenvalue weighted by Crippen LogP contribution is 2.20. The molecule has 1 aromatic carbocycles. The van der Waals surface area contributed by atoms with Gasteiger partial charge in [-0.05, 0) is 32.4 Å². The van der Waals surface area contributed by atoms with Crippen LogP contribution in [0.5, 0.6) is 5.75 Å². The Morgan fingerprint density at radius 1 is 1.52 bits per heavy atom. The normalized spacial score (nSPS) is 21.6. The molecule has 2 atom stereocenters. The van der Waals surface area contributed by atoms with Crippen LogP contribution in [0.3, 0.4) is 0 Å². The lowest BCUT2D eigenvalue weighted by molar-refractivity contribution is -0.0809. The second-order valence-electron chi connectivity index (χ2n) is 5.72. The average molecular weight is 290 g/mol. The Kier molecular flexibility index (Phi) is 4.10. The van der Waals surface area contributed by atoms with E-state index in [1.807, 2.05) is 37.1 Å². The molecule has 0 radical (unpaired) electrons. The number of fused-ring (bicyclic) bond motifs is 1. The lowest BCUT2D eigenvalue weighted by Gasteiger charge is -2.33. The van der Waals surface area contributed by atoms with Gasteiger partial charge in [-0.25, -0.2) is 4.98 Å². The van der Waals surface area contributed by atoms with Crippen LogP contribution in [0.15, 0.2) is 18.2 Å². The molecule has 0 spiro atoms. The van der Waals surface area contributed by atoms with Gasteiger partial charge in [-0.2, -0.15) is 0 Å². The minimum atomic E-state index is -0.299. The summed E-state index contributed by atoms with van der Waals surface area (Å²) in [5.74, 6) is 1.71. The van der Waals surface area contributed by atoms with Crippen LogP contribution in [-0.2, 0) is 0 Å². The average Bonchev–Trinajstić information content (AvgIpc) is 2.77. The molecule has 1 aliphatic rings. The van der Waals surface area contributed by atoms with Gasteiger partial charge in [-0.3, -0.25) is 0 Å². The van der Waals surface area contributed by atoms with E-state index in [1.54, 1.807) is 0 Å². The summed E-state index contributed by atoms with van der Waals surface area (Å²) in [6.07, 6.45) is 0.435. The number of aryl methyl sites for hydroxylation is 1. The van der Waals surface area contributed by atoms with Crippen LogP contribution in [0.1, 0.15) is 19.2 Å². The molecule has 2 unspecified atom stereocenters. The largest absolute Gasteiger partial charge is 0.406 e. The van der Waals surface area contributed by atoms with E-state index in [9.17, 15) is 5.11 Å². The Bertz CT molecular complexity index is 611. The zero-order valence-corrected chi connectivity index (χ0v) is 12.5. The van der Waals surface area contributed by atoms with Gasteiger partial charge in [0.05, 0.1) is 23.7 Å². The third-order valence-corrected chi connectivity index (χ3v) is 3.65. The molecule has 1 saturated heterocycles. The van der Waals surface area contributed by atoms with E-state index in [2.05, 4.69) is 15.3 Å². The molecule has 21 heavy (non-hydrogen) atoms. The van der Waals surface area contributed by atoms with Crippen LogP contribution < -0.4 is 10.2 Å². The lowest BCUT2D eigenvalue weighted by Crippen LogP contribution is -2.52. The molecule has 1 aliphatic heterocycles. The van der Waals surface area contributed by atoms with Gasteiger partial charge in [0.2, 0.25) is 0 Å². The highest BCUT2D eigenvalue weighted by Gasteiger charge is 2.22. The van der Waals surface area contributed by atoms with Crippen LogP contribution in [0.25, 0.3) is 11.0 Å². The first-order valence-corrected chi connectivity index (χ1v) is 7.41. The number of hydroxylamine groups is 2. The molecule has 114 valence electrons. The molecule has 2 heterocycles. The number of aliphatic hydroxyl groups excluding tert-OH is 1. The predicted molar refractivity (Wildman–Crippen MR) is 81.1 cm³/mol. The Hall–Kier alpha value is -1.63. The van der Waals surface area contributed by atoms with E-state index in [-0.39, 0.29) is 12.1 Å². The van der Waals surface area contributed by atoms with Crippen molar-refractivity contribution in [1.82, 2.24) is 20.3 Å². The number of nitrogens with zero attached hydrogens (tertiary/aromatic N) is 2. The van der Waals surface area contributed by atoms with Crippen LogP contribution in [0, 0.1) is 6.92 Å². The topological polar surface area (TPSA) is 73.4 Å². The Morgan fingerprint density at radius 2 is 2.38 bits per heavy atom. The van der Waals surface area contributed by atoms with E-state index >= 15 is 0 Å². The Balaban J connectivity index is 1.66. The number of benzene rings is 1. The molecule has 3 rings (SSSR count). The van der Waals surface area contributed by atoms with Crippen molar-refractivity contribution in [2.45, 2.75) is 32.4 Å². The van der Waals surface area contributed by atoms with Gasteiger partial charge in [0.25, 0.3) is 0 Å². The summed E-state index contributed by atoms with van der Waals surface area (Å²) < 4.78 is 0. The summed E-state index contributed by atoms with van der Waals surface area (Å²) in [4.78, 5) is 13.5. The molecule has 3 N–H and O–H groups in total. The lowest BCUT2D eigenvalue weighted by atomic mass is 10.1. The van der Waals surface area contributed by atoms with Crippen molar-refractivity contribution in [3.05, 3.63) is 24.0 Å². The predicted octanol–water partition coefficient (Wildman–Crippen LogP) is 1.21. The molecule has 6 nitrogen and oxygen atoms in total. The molecule has 2 aromatic rings. The molecule has 0 amide bonds. The molecule has 1 aromatic heterocycles. The number of nitrogens with one attached hydrogen (secondary N) is 2. The highest BCUT2D eigenvalue weighted by atomic mass is 16.7. The Morgan fingerprint density at radius 3 is 3.19 bits per heavy atom. The minimum absolute atomic E-state index is 0.261. The quantitative estimate of drug-likeness (QED) is 0.789. The Labute approximate surface area is 124 Å². The third kappa shape index (κ3) is 3.53. The van der Waals surface area contributed by atoms with Crippen molar-refractivity contribution in [3.63, 3.8) is 0 Å². The maximum Gasteiger partial charge on any atom is 0.149 e. The number of H-pyrrole nitrogens is 1. The number of hydrogen-bond donors (Lipinski definition) is 3. The van der Waals surface area contributed by atoms with Crippen molar-refractivity contribution < 1.29 is 9.94 Å². The zero-order chi connectivity index (χ0) is 14.8. The summed E-state index contributed by atoms with van der Waals surface area (Å²) in [6, 6.07) is 6.14. The van der Waals surface area contributed by atoms with Crippen molar-refractivity contribution >= 4 is 11.0 Å². The monoisotopic (exact) mass is 290 g/mol. The summed E-state index contributed by atoms with van der Waals surface area (Å²) in [6.45, 7) is 6.22. The van der Waals surface area contributed by atoms with Crippen LogP contribution in [0.2, 0.25) is 0 Å². The van der Waals surface area contributed by atoms with E-state index in [0.717, 1.165) is 48.7 Å². The van der Waals surface area contributed by atoms with Gasteiger partial charge in [-0.1, -0.05) is 0 Å². The van der Waals surface area contributed by atoms with Gasteiger partial charge < -0.3 is 20.2 Å². The zero-order valence-electron chi connectivity index (χ0n) is 12.5. The number of hydrogen-bond acceptors (Lipinski definition) is 5. The van der Waals surface area contributed by atoms with Gasteiger partial charge in [0.1, 0.15) is 11.6 Å². The summed E-state index contributed by atoms with van der Waals surface area (Å²) in [5, 5.41) is 14.8. The minimum Gasteiger partial charge on any atom is -0.406 e. The second kappa shape index (κ2) is 6.01. The number of imidazole rings is 1. The number of aliphatic hydroxyl groups is 1. The first-order chi connectivity index (χ1) is 10.1. The van der Waals surface area contributed by atoms with Gasteiger partial charge in [0, 0.05) is 25.2 Å². The summed E-state index contributed by atoms with van der Waals surface area (Å²) in [5.41, 5.74) is 1.94. The maximum absolute atomic E-state index is 9.49. The number of piperazine rings is 1. The van der Waals surface area contributed by atoms with Gasteiger partial charge >= 0.3 is 0 Å². The fourth-order valence-corrected chi connectivity index (χ4v) is 2.77. The molecule has 6 heteroatoms. The number of aromatic amines is 1. The second-order valence-corrected chi connectivity index (χ2v) is 5.72.